The summed E-state index contributed by atoms with van der Waals surface area (Å²) in [6, 6.07) is 7.90. The lowest BCUT2D eigenvalue weighted by molar-refractivity contribution is -0.949. The number of nitrogens with zero attached hydrogens (tertiary/aromatic N) is 1. The number of hydrogen-bond donors (Lipinski definition) is 1. The molecule has 1 atom stereocenters. The lowest BCUT2D eigenvalue weighted by atomic mass is 9.94. The number of Topliss-reactive ketones (excluding diaryl/α,β-unsaturated/α-hetero) is 1. The van der Waals surface area contributed by atoms with Gasteiger partial charge in [0, 0.05) is 42.0 Å². The Balaban J connectivity index is 0.00000272. The minimum absolute atomic E-state index is 0. The van der Waals surface area contributed by atoms with Gasteiger partial charge in [0.1, 0.15) is 12.3 Å². The van der Waals surface area contributed by atoms with Gasteiger partial charge in [0.15, 0.2) is 0 Å². The van der Waals surface area contributed by atoms with E-state index in [0.717, 1.165) is 66.1 Å². The third-order valence-corrected chi connectivity index (χ3v) is 8.00. The highest BCUT2D eigenvalue weighted by Crippen LogP contribution is 2.38. The molecule has 1 saturated heterocycles. The lowest BCUT2D eigenvalue weighted by Gasteiger charge is -2.45. The zero-order valence-corrected chi connectivity index (χ0v) is 21.4. The number of benzene rings is 1. The Hall–Kier alpha value is -1.00. The van der Waals surface area contributed by atoms with Crippen LogP contribution in [0.1, 0.15) is 44.1 Å². The summed E-state index contributed by atoms with van der Waals surface area (Å²) in [5.74, 6) is -0.330. The highest BCUT2D eigenvalue weighted by atomic mass is 127. The summed E-state index contributed by atoms with van der Waals surface area (Å²) in [5.41, 5.74) is 8.35. The number of primary amides is 1. The molecule has 0 radical (unpaired) electrons. The molecule has 0 aliphatic carbocycles. The molecule has 168 valence electrons. The number of halogens is 2. The number of carbonyl (C=O) groups is 2. The predicted molar refractivity (Wildman–Crippen MR) is 119 cm³/mol. The van der Waals surface area contributed by atoms with E-state index < -0.39 is 5.91 Å². The minimum Gasteiger partial charge on any atom is -1.00 e. The molecule has 4 rings (SSSR count). The van der Waals surface area contributed by atoms with E-state index in [1.807, 2.05) is 12.1 Å². The van der Waals surface area contributed by atoms with Gasteiger partial charge in [-0.2, -0.15) is 0 Å². The summed E-state index contributed by atoms with van der Waals surface area (Å²) in [6.07, 6.45) is 3.56. The number of quaternary nitrogens is 1. The van der Waals surface area contributed by atoms with Crippen molar-refractivity contribution < 1.29 is 42.8 Å². The van der Waals surface area contributed by atoms with Gasteiger partial charge >= 0.3 is 0 Å². The highest BCUT2D eigenvalue weighted by molar-refractivity contribution is 7.12. The molecule has 1 aromatic carbocycles. The van der Waals surface area contributed by atoms with Gasteiger partial charge in [0.2, 0.25) is 5.91 Å². The van der Waals surface area contributed by atoms with Crippen LogP contribution in [0.15, 0.2) is 24.3 Å². The summed E-state index contributed by atoms with van der Waals surface area (Å²) in [6.45, 7) is 3.54. The summed E-state index contributed by atoms with van der Waals surface area (Å²) >= 11 is 7.54. The number of amides is 1. The molecule has 3 heterocycles. The Morgan fingerprint density at radius 3 is 2.52 bits per heavy atom. The first-order valence-corrected chi connectivity index (χ1v) is 11.7. The largest absolute Gasteiger partial charge is 1.00 e. The number of fused-ring (bicyclic) bond motifs is 1. The number of hydrogen-bond acceptors (Lipinski definition) is 4. The summed E-state index contributed by atoms with van der Waals surface area (Å²) in [5, 5.41) is 0.652. The molecule has 5 nitrogen and oxygen atoms in total. The third-order valence-electron chi connectivity index (χ3n) is 6.53. The van der Waals surface area contributed by atoms with Crippen LogP contribution in [0, 0.1) is 0 Å². The van der Waals surface area contributed by atoms with Crippen LogP contribution < -0.4 is 29.7 Å². The van der Waals surface area contributed by atoms with E-state index in [1.54, 1.807) is 23.5 Å². The number of rotatable bonds is 6. The zero-order valence-electron chi connectivity index (χ0n) is 17.7. The molecule has 1 amide bonds. The second-order valence-corrected chi connectivity index (χ2v) is 10.3. The molecule has 2 N–H and O–H groups in total. The zero-order chi connectivity index (χ0) is 21.3. The van der Waals surface area contributed by atoms with Gasteiger partial charge in [-0.3, -0.25) is 9.59 Å². The topological polar surface area (TPSA) is 69.4 Å². The molecule has 1 fully saturated rings. The van der Waals surface area contributed by atoms with Gasteiger partial charge in [-0.05, 0) is 23.3 Å². The van der Waals surface area contributed by atoms with Crippen molar-refractivity contribution in [3.8, 4) is 0 Å². The van der Waals surface area contributed by atoms with Crippen LogP contribution >= 0.6 is 22.9 Å². The Labute approximate surface area is 209 Å². The van der Waals surface area contributed by atoms with E-state index >= 15 is 0 Å². The molecule has 8 heteroatoms. The van der Waals surface area contributed by atoms with Gasteiger partial charge in [-0.15, -0.1) is 11.3 Å². The number of ketones is 1. The van der Waals surface area contributed by atoms with Gasteiger partial charge in [0.25, 0.3) is 0 Å². The first-order valence-electron chi connectivity index (χ1n) is 10.5. The second kappa shape index (κ2) is 10.3. The molecule has 2 aliphatic rings. The predicted octanol–water partition coefficient (Wildman–Crippen LogP) is 0.540. The van der Waals surface area contributed by atoms with Crippen molar-refractivity contribution in [2.75, 3.05) is 26.8 Å². The van der Waals surface area contributed by atoms with Crippen molar-refractivity contribution in [1.29, 1.82) is 0 Å². The standard InChI is InChI=1S/C23H27ClN2O3S.HI/c1-26(17-7-10-29-11-8-17)9-6-19-21(14-26)30-20(22(19)23(25)28)13-18(27)12-15-2-4-16(24)5-3-15;/h2-5,17H,6-14H2,1H3,(H-,25,28);1H. The molecule has 0 bridgehead atoms. The number of likely N-dealkylation sites (N-methyl/N-ethyl adjacent to an activating group) is 1. The Morgan fingerprint density at radius 1 is 1.19 bits per heavy atom. The Kier molecular flexibility index (Phi) is 8.18. The molecule has 1 aromatic heterocycles. The van der Waals surface area contributed by atoms with Crippen molar-refractivity contribution in [3.05, 3.63) is 55.7 Å². The molecule has 31 heavy (non-hydrogen) atoms. The average Bonchev–Trinajstić information content (AvgIpc) is 3.07. The highest BCUT2D eigenvalue weighted by Gasteiger charge is 2.40. The van der Waals surface area contributed by atoms with Crippen LogP contribution in [0.4, 0.5) is 0 Å². The van der Waals surface area contributed by atoms with Crippen LogP contribution in [0.2, 0.25) is 5.02 Å². The molecule has 2 aromatic rings. The van der Waals surface area contributed by atoms with Gasteiger partial charge in [-0.1, -0.05) is 23.7 Å². The fraction of sp³-hybridized carbons (Fsp3) is 0.478. The maximum Gasteiger partial charge on any atom is 0.250 e. The van der Waals surface area contributed by atoms with Crippen molar-refractivity contribution in [2.24, 2.45) is 5.73 Å². The molecule has 0 saturated carbocycles. The van der Waals surface area contributed by atoms with Gasteiger partial charge in [-0.25, -0.2) is 0 Å². The minimum atomic E-state index is -0.413. The summed E-state index contributed by atoms with van der Waals surface area (Å²) in [7, 11) is 2.31. The summed E-state index contributed by atoms with van der Waals surface area (Å²) < 4.78 is 6.52. The van der Waals surface area contributed by atoms with E-state index in [1.165, 1.54) is 4.88 Å². The van der Waals surface area contributed by atoms with Crippen molar-refractivity contribution in [2.45, 2.75) is 44.7 Å². The Morgan fingerprint density at radius 2 is 1.87 bits per heavy atom. The average molecular weight is 575 g/mol. The van der Waals surface area contributed by atoms with Crippen LogP contribution in [-0.4, -0.2) is 49.0 Å². The van der Waals surface area contributed by atoms with Crippen LogP contribution in [0.3, 0.4) is 0 Å². The van der Waals surface area contributed by atoms with Gasteiger partial charge < -0.3 is 38.9 Å². The molecule has 2 aliphatic heterocycles. The smallest absolute Gasteiger partial charge is 0.250 e. The van der Waals surface area contributed by atoms with Crippen LogP contribution in [-0.2, 0) is 35.3 Å². The Bertz CT molecular complexity index is 956. The number of ether oxygens (including phenoxy) is 1. The monoisotopic (exact) mass is 574 g/mol. The van der Waals surface area contributed by atoms with E-state index in [-0.39, 0.29) is 36.2 Å². The number of nitrogens with two attached hydrogens (primary N) is 1. The summed E-state index contributed by atoms with van der Waals surface area (Å²) in [4.78, 5) is 27.1. The van der Waals surface area contributed by atoms with E-state index in [2.05, 4.69) is 7.05 Å². The fourth-order valence-corrected chi connectivity index (χ4v) is 6.51. The fourth-order valence-electron chi connectivity index (χ4n) is 4.84. The second-order valence-electron chi connectivity index (χ2n) is 8.64. The maximum absolute atomic E-state index is 12.7. The quantitative estimate of drug-likeness (QED) is 0.405. The van der Waals surface area contributed by atoms with Crippen molar-refractivity contribution in [3.63, 3.8) is 0 Å². The van der Waals surface area contributed by atoms with Crippen molar-refractivity contribution in [1.82, 2.24) is 0 Å². The first kappa shape index (κ1) is 24.6. The van der Waals surface area contributed by atoms with E-state index in [9.17, 15) is 9.59 Å². The normalized spacial score (nSPS) is 21.2. The first-order chi connectivity index (χ1) is 14.4. The SMILES string of the molecule is C[N+]1(C2CCOCC2)CCc2c(sc(CC(=O)Cc3ccc(Cl)cc3)c2C(N)=O)C1.[I-]. The number of thiophene rings is 1. The molecular weight excluding hydrogens is 547 g/mol. The van der Waals surface area contributed by atoms with E-state index in [0.29, 0.717) is 23.0 Å². The van der Waals surface area contributed by atoms with Crippen molar-refractivity contribution >= 4 is 34.6 Å². The van der Waals surface area contributed by atoms with Crippen LogP contribution in [0.5, 0.6) is 0 Å². The molecular formula is C23H28ClIN2O3S. The molecule has 1 unspecified atom stereocenters. The third kappa shape index (κ3) is 5.50. The lowest BCUT2D eigenvalue weighted by Crippen LogP contribution is -3.00. The number of carbonyl (C=O) groups excluding carboxylic acids is 2. The van der Waals surface area contributed by atoms with E-state index in [4.69, 9.17) is 22.1 Å². The molecule has 0 spiro atoms. The van der Waals surface area contributed by atoms with Gasteiger partial charge in [0.05, 0.1) is 43.3 Å². The maximum atomic E-state index is 12.7. The van der Waals surface area contributed by atoms with Crippen LogP contribution in [0.25, 0.3) is 0 Å².